The molecule has 1 N–H and O–H groups in total. The van der Waals surface area contributed by atoms with Gasteiger partial charge in [-0.15, -0.1) is 0 Å². The van der Waals surface area contributed by atoms with E-state index in [1.54, 1.807) is 12.0 Å². The molecule has 0 spiro atoms. The van der Waals surface area contributed by atoms with Crippen molar-refractivity contribution in [3.63, 3.8) is 0 Å². The molecule has 3 heterocycles. The summed E-state index contributed by atoms with van der Waals surface area (Å²) in [5, 5.41) is 2.99. The predicted molar refractivity (Wildman–Crippen MR) is 72.0 cm³/mol. The number of rotatable bonds is 3. The zero-order valence-electron chi connectivity index (χ0n) is 11.0. The number of H-pyrrole nitrogens is 1. The quantitative estimate of drug-likeness (QED) is 0.902. The third-order valence-corrected chi connectivity index (χ3v) is 3.60. The van der Waals surface area contributed by atoms with Gasteiger partial charge in [-0.25, -0.2) is 9.50 Å². The van der Waals surface area contributed by atoms with Crippen molar-refractivity contribution in [3.8, 4) is 0 Å². The minimum atomic E-state index is -0.294. The molecule has 0 aromatic carbocycles. The maximum atomic E-state index is 12.3. The Bertz CT molecular complexity index is 751. The number of carbonyl (C=O) groups excluding carboxylic acids is 1. The van der Waals surface area contributed by atoms with Gasteiger partial charge >= 0.3 is 0 Å². The van der Waals surface area contributed by atoms with Gasteiger partial charge < -0.3 is 9.64 Å². The second-order valence-electron chi connectivity index (χ2n) is 4.78. The summed E-state index contributed by atoms with van der Waals surface area (Å²) >= 11 is 5.81. The number of methoxy groups -OCH3 is 1. The zero-order valence-corrected chi connectivity index (χ0v) is 11.8. The molecule has 0 aliphatic carbocycles. The maximum Gasteiger partial charge on any atom is 0.278 e. The fraction of sp³-hybridized carbons (Fsp3) is 0.417. The van der Waals surface area contributed by atoms with Crippen LogP contribution in [0.1, 0.15) is 23.0 Å². The fourth-order valence-electron chi connectivity index (χ4n) is 2.41. The van der Waals surface area contributed by atoms with Crippen LogP contribution in [0.15, 0.2) is 10.9 Å². The minimum absolute atomic E-state index is 0.118. The number of amides is 1. The van der Waals surface area contributed by atoms with Gasteiger partial charge in [0, 0.05) is 13.2 Å². The van der Waals surface area contributed by atoms with E-state index in [0.717, 1.165) is 0 Å². The Kier molecular flexibility index (Phi) is 3.02. The van der Waals surface area contributed by atoms with E-state index in [0.29, 0.717) is 23.0 Å². The lowest BCUT2D eigenvalue weighted by molar-refractivity contribution is 0.0584. The lowest BCUT2D eigenvalue weighted by atomic mass is 10.2. The number of carbonyl (C=O) groups is 1. The first-order chi connectivity index (χ1) is 9.52. The molecule has 1 amide bonds. The average Bonchev–Trinajstić information content (AvgIpc) is 2.92. The van der Waals surface area contributed by atoms with Crippen LogP contribution in [0.2, 0.25) is 5.15 Å². The van der Waals surface area contributed by atoms with Crippen LogP contribution in [0.5, 0.6) is 0 Å². The van der Waals surface area contributed by atoms with E-state index >= 15 is 0 Å². The van der Waals surface area contributed by atoms with Gasteiger partial charge in [-0.05, 0) is 6.92 Å². The van der Waals surface area contributed by atoms with Crippen molar-refractivity contribution < 1.29 is 9.53 Å². The normalized spacial score (nSPS) is 15.9. The number of hydrogen-bond donors (Lipinski definition) is 1. The fourth-order valence-corrected chi connectivity index (χ4v) is 2.60. The van der Waals surface area contributed by atoms with Crippen molar-refractivity contribution in [2.24, 2.45) is 0 Å². The van der Waals surface area contributed by atoms with E-state index in [1.165, 1.54) is 10.6 Å². The third kappa shape index (κ3) is 1.82. The van der Waals surface area contributed by atoms with Crippen molar-refractivity contribution in [3.05, 3.63) is 32.8 Å². The van der Waals surface area contributed by atoms with Crippen LogP contribution in [0.25, 0.3) is 5.65 Å². The Balaban J connectivity index is 2.10. The molecule has 20 heavy (non-hydrogen) atoms. The minimum Gasteiger partial charge on any atom is -0.383 e. The highest BCUT2D eigenvalue weighted by Crippen LogP contribution is 2.21. The summed E-state index contributed by atoms with van der Waals surface area (Å²) in [6.07, 6.45) is 0. The number of aromatic amines is 1. The van der Waals surface area contributed by atoms with Crippen molar-refractivity contribution in [1.82, 2.24) is 19.5 Å². The van der Waals surface area contributed by atoms with Crippen LogP contribution < -0.4 is 5.56 Å². The van der Waals surface area contributed by atoms with Gasteiger partial charge in [0.2, 0.25) is 0 Å². The standard InChI is InChI=1S/C12H13ClN4O3/c1-6(5-20-2)16-4-7-10(12(16)19)14-9-3-8(13)15-17(9)11(7)18/h3,6,15H,4-5H2,1-2H3/t6-/m0/s1. The van der Waals surface area contributed by atoms with Gasteiger partial charge in [-0.3, -0.25) is 14.7 Å². The molecule has 2 aromatic rings. The first kappa shape index (κ1) is 13.1. The summed E-state index contributed by atoms with van der Waals surface area (Å²) in [6.45, 7) is 2.52. The molecule has 7 nitrogen and oxygen atoms in total. The number of nitrogens with zero attached hydrogens (tertiary/aromatic N) is 3. The molecular weight excluding hydrogens is 284 g/mol. The van der Waals surface area contributed by atoms with Crippen molar-refractivity contribution in [2.75, 3.05) is 13.7 Å². The largest absolute Gasteiger partial charge is 0.383 e. The first-order valence-electron chi connectivity index (χ1n) is 6.13. The molecule has 1 aliphatic heterocycles. The highest BCUT2D eigenvalue weighted by Gasteiger charge is 2.35. The first-order valence-corrected chi connectivity index (χ1v) is 6.50. The van der Waals surface area contributed by atoms with E-state index in [4.69, 9.17) is 16.3 Å². The van der Waals surface area contributed by atoms with Crippen LogP contribution in [0, 0.1) is 0 Å². The van der Waals surface area contributed by atoms with E-state index in [-0.39, 0.29) is 29.7 Å². The van der Waals surface area contributed by atoms with Crippen molar-refractivity contribution >= 4 is 23.2 Å². The van der Waals surface area contributed by atoms with E-state index in [2.05, 4.69) is 10.1 Å². The van der Waals surface area contributed by atoms with Crippen LogP contribution >= 0.6 is 11.6 Å². The van der Waals surface area contributed by atoms with Gasteiger partial charge in [0.05, 0.1) is 24.8 Å². The van der Waals surface area contributed by atoms with Gasteiger partial charge in [-0.1, -0.05) is 11.6 Å². The third-order valence-electron chi connectivity index (χ3n) is 3.41. The van der Waals surface area contributed by atoms with E-state index in [1.807, 2.05) is 6.92 Å². The summed E-state index contributed by atoms with van der Waals surface area (Å²) in [5.41, 5.74) is 0.633. The number of ether oxygens (including phenoxy) is 1. The van der Waals surface area contributed by atoms with E-state index in [9.17, 15) is 9.59 Å². The second-order valence-corrected chi connectivity index (χ2v) is 5.19. The number of hydrogen-bond acceptors (Lipinski definition) is 4. The SMILES string of the molecule is COC[C@H](C)N1Cc2c(nc3cc(Cl)[nH]n3c2=O)C1=O. The number of fused-ring (bicyclic) bond motifs is 2. The topological polar surface area (TPSA) is 79.7 Å². The highest BCUT2D eigenvalue weighted by atomic mass is 35.5. The smallest absolute Gasteiger partial charge is 0.278 e. The molecule has 0 fully saturated rings. The second kappa shape index (κ2) is 4.60. The molecule has 0 saturated heterocycles. The molecule has 0 radical (unpaired) electrons. The summed E-state index contributed by atoms with van der Waals surface area (Å²) in [5.74, 6) is -0.249. The molecule has 1 aliphatic rings. The van der Waals surface area contributed by atoms with Crippen molar-refractivity contribution in [1.29, 1.82) is 0 Å². The maximum absolute atomic E-state index is 12.3. The van der Waals surface area contributed by atoms with Gasteiger partial charge in [0.1, 0.15) is 10.8 Å². The Hall–Kier alpha value is -1.86. The summed E-state index contributed by atoms with van der Waals surface area (Å²) in [4.78, 5) is 30.5. The summed E-state index contributed by atoms with van der Waals surface area (Å²) in [7, 11) is 1.57. The molecule has 2 aromatic heterocycles. The van der Waals surface area contributed by atoms with Crippen LogP contribution in [-0.2, 0) is 11.3 Å². The number of aromatic nitrogens is 3. The Morgan fingerprint density at radius 3 is 3.00 bits per heavy atom. The molecule has 0 bridgehead atoms. The lowest BCUT2D eigenvalue weighted by Gasteiger charge is -2.22. The summed E-state index contributed by atoms with van der Waals surface area (Å²) in [6, 6.07) is 1.39. The molecule has 1 atom stereocenters. The molecule has 0 unspecified atom stereocenters. The molecule has 0 saturated carbocycles. The van der Waals surface area contributed by atoms with Gasteiger partial charge in [0.25, 0.3) is 11.5 Å². The Labute approximate surface area is 119 Å². The summed E-state index contributed by atoms with van der Waals surface area (Å²) < 4.78 is 6.30. The number of halogens is 1. The van der Waals surface area contributed by atoms with Crippen molar-refractivity contribution in [2.45, 2.75) is 19.5 Å². The van der Waals surface area contributed by atoms with Crippen LogP contribution in [0.3, 0.4) is 0 Å². The Morgan fingerprint density at radius 1 is 1.55 bits per heavy atom. The predicted octanol–water partition coefficient (Wildman–Crippen LogP) is 0.667. The average molecular weight is 297 g/mol. The van der Waals surface area contributed by atoms with Crippen LogP contribution in [-0.4, -0.2) is 45.2 Å². The number of nitrogens with one attached hydrogen (secondary N) is 1. The van der Waals surface area contributed by atoms with Gasteiger partial charge in [0.15, 0.2) is 5.65 Å². The molecule has 8 heteroatoms. The van der Waals surface area contributed by atoms with E-state index < -0.39 is 0 Å². The highest BCUT2D eigenvalue weighted by molar-refractivity contribution is 6.29. The van der Waals surface area contributed by atoms with Gasteiger partial charge in [-0.2, -0.15) is 0 Å². The molecule has 3 rings (SSSR count). The monoisotopic (exact) mass is 296 g/mol. The molecule has 106 valence electrons. The molecular formula is C12H13ClN4O3. The zero-order chi connectivity index (χ0) is 14.4. The lowest BCUT2D eigenvalue weighted by Crippen LogP contribution is -2.36. The van der Waals surface area contributed by atoms with Crippen LogP contribution in [0.4, 0.5) is 0 Å². The Morgan fingerprint density at radius 2 is 2.30 bits per heavy atom.